The number of rotatable bonds is 13. The molecule has 0 saturated heterocycles. The van der Waals surface area contributed by atoms with Gasteiger partial charge in [-0.25, -0.2) is 0 Å². The van der Waals surface area contributed by atoms with Crippen LogP contribution in [0.15, 0.2) is 48.7 Å². The second-order valence-electron chi connectivity index (χ2n) is 7.30. The van der Waals surface area contributed by atoms with Crippen molar-refractivity contribution in [1.29, 1.82) is 0 Å². The van der Waals surface area contributed by atoms with E-state index in [0.717, 1.165) is 5.56 Å². The molecule has 11 heteroatoms. The number of aromatic nitrogens is 2. The lowest BCUT2D eigenvalue weighted by atomic mass is 10.2. The van der Waals surface area contributed by atoms with Crippen molar-refractivity contribution < 1.29 is 28.7 Å². The molecule has 0 bridgehead atoms. The quantitative estimate of drug-likeness (QED) is 0.282. The predicted octanol–water partition coefficient (Wildman–Crippen LogP) is 4.21. The predicted molar refractivity (Wildman–Crippen MR) is 128 cm³/mol. The van der Waals surface area contributed by atoms with E-state index in [0.29, 0.717) is 42.8 Å². The van der Waals surface area contributed by atoms with Gasteiger partial charge in [0.05, 0.1) is 31.8 Å². The Bertz CT molecular complexity index is 1150. The van der Waals surface area contributed by atoms with Crippen LogP contribution < -0.4 is 24.3 Å². The van der Waals surface area contributed by atoms with Crippen LogP contribution in [-0.4, -0.2) is 40.9 Å². The minimum absolute atomic E-state index is 0.0835. The van der Waals surface area contributed by atoms with Crippen LogP contribution in [-0.2, 0) is 17.9 Å². The molecular weight excluding hydrogens is 456 g/mol. The third-order valence-corrected chi connectivity index (χ3v) is 4.82. The topological polar surface area (TPSA) is 127 Å². The SMILES string of the molecule is CCOc1ccc(COc2ccc(NC(=O)CCn3cc([N+](=O)[O-])c(OC)n3)cc2)cc1OCC. The van der Waals surface area contributed by atoms with E-state index in [4.69, 9.17) is 18.9 Å². The van der Waals surface area contributed by atoms with E-state index in [2.05, 4.69) is 10.4 Å². The molecule has 0 fully saturated rings. The Hall–Kier alpha value is -4.28. The Labute approximate surface area is 202 Å². The molecule has 3 aromatic rings. The van der Waals surface area contributed by atoms with Gasteiger partial charge >= 0.3 is 11.6 Å². The van der Waals surface area contributed by atoms with E-state index in [1.807, 2.05) is 32.0 Å². The summed E-state index contributed by atoms with van der Waals surface area (Å²) in [5.41, 5.74) is 1.29. The fraction of sp³-hybridized carbons (Fsp3) is 0.333. The largest absolute Gasteiger partial charge is 0.490 e. The second kappa shape index (κ2) is 12.3. The van der Waals surface area contributed by atoms with E-state index in [9.17, 15) is 14.9 Å². The number of hydrogen-bond acceptors (Lipinski definition) is 8. The number of carbonyl (C=O) groups excluding carboxylic acids is 1. The minimum atomic E-state index is -0.584. The summed E-state index contributed by atoms with van der Waals surface area (Å²) in [7, 11) is 1.30. The molecule has 0 aliphatic rings. The van der Waals surface area contributed by atoms with Crippen LogP contribution in [0.25, 0.3) is 0 Å². The average molecular weight is 485 g/mol. The zero-order valence-corrected chi connectivity index (χ0v) is 19.9. The van der Waals surface area contributed by atoms with E-state index < -0.39 is 4.92 Å². The number of ether oxygens (including phenoxy) is 4. The number of amides is 1. The van der Waals surface area contributed by atoms with E-state index in [1.165, 1.54) is 18.0 Å². The van der Waals surface area contributed by atoms with Gasteiger partial charge in [-0.3, -0.25) is 19.6 Å². The highest BCUT2D eigenvalue weighted by molar-refractivity contribution is 5.90. The van der Waals surface area contributed by atoms with Crippen molar-refractivity contribution >= 4 is 17.3 Å². The van der Waals surface area contributed by atoms with Gasteiger partial charge in [0.15, 0.2) is 11.5 Å². The number of carbonyl (C=O) groups is 1. The Morgan fingerprint density at radius 2 is 1.77 bits per heavy atom. The van der Waals surface area contributed by atoms with Crippen LogP contribution in [0.5, 0.6) is 23.1 Å². The number of nitrogens with one attached hydrogen (secondary N) is 1. The Morgan fingerprint density at radius 3 is 2.40 bits per heavy atom. The number of aryl methyl sites for hydroxylation is 1. The Kier molecular flexibility index (Phi) is 8.88. The highest BCUT2D eigenvalue weighted by Gasteiger charge is 2.20. The molecule has 3 rings (SSSR count). The fourth-order valence-corrected chi connectivity index (χ4v) is 3.20. The lowest BCUT2D eigenvalue weighted by Crippen LogP contribution is -2.14. The average Bonchev–Trinajstić information content (AvgIpc) is 3.28. The summed E-state index contributed by atoms with van der Waals surface area (Å²) in [6.07, 6.45) is 1.32. The van der Waals surface area contributed by atoms with E-state index in [-0.39, 0.29) is 30.4 Å². The van der Waals surface area contributed by atoms with E-state index >= 15 is 0 Å². The van der Waals surface area contributed by atoms with Gasteiger partial charge in [-0.05, 0) is 55.8 Å². The molecule has 1 N–H and O–H groups in total. The van der Waals surface area contributed by atoms with Gasteiger partial charge in [0.25, 0.3) is 0 Å². The van der Waals surface area contributed by atoms with Crippen LogP contribution >= 0.6 is 0 Å². The van der Waals surface area contributed by atoms with Gasteiger partial charge in [-0.15, -0.1) is 5.10 Å². The zero-order chi connectivity index (χ0) is 25.2. The van der Waals surface area contributed by atoms with Crippen LogP contribution in [0.1, 0.15) is 25.8 Å². The number of nitro groups is 1. The molecule has 0 radical (unpaired) electrons. The summed E-state index contributed by atoms with van der Waals surface area (Å²) in [6, 6.07) is 12.7. The highest BCUT2D eigenvalue weighted by Crippen LogP contribution is 2.29. The first-order chi connectivity index (χ1) is 16.9. The Morgan fingerprint density at radius 1 is 1.06 bits per heavy atom. The molecular formula is C24H28N4O7. The van der Waals surface area contributed by atoms with Crippen LogP contribution in [0.2, 0.25) is 0 Å². The molecule has 1 heterocycles. The second-order valence-corrected chi connectivity index (χ2v) is 7.30. The third-order valence-electron chi connectivity index (χ3n) is 4.82. The molecule has 11 nitrogen and oxygen atoms in total. The molecule has 186 valence electrons. The summed E-state index contributed by atoms with van der Waals surface area (Å²) in [4.78, 5) is 22.7. The molecule has 0 unspecified atom stereocenters. The molecule has 1 amide bonds. The number of hydrogen-bond donors (Lipinski definition) is 1. The van der Waals surface area contributed by atoms with Crippen molar-refractivity contribution in [3.63, 3.8) is 0 Å². The monoisotopic (exact) mass is 484 g/mol. The molecule has 1 aromatic heterocycles. The smallest absolute Gasteiger partial charge is 0.350 e. The Balaban J connectivity index is 1.50. The van der Waals surface area contributed by atoms with Crippen molar-refractivity contribution in [2.24, 2.45) is 0 Å². The number of benzene rings is 2. The van der Waals surface area contributed by atoms with Gasteiger partial charge in [0, 0.05) is 12.1 Å². The van der Waals surface area contributed by atoms with Gasteiger partial charge < -0.3 is 24.3 Å². The van der Waals surface area contributed by atoms with E-state index in [1.54, 1.807) is 24.3 Å². The van der Waals surface area contributed by atoms with Crippen LogP contribution in [0, 0.1) is 10.1 Å². The molecule has 0 aliphatic heterocycles. The maximum atomic E-state index is 12.3. The third kappa shape index (κ3) is 7.10. The highest BCUT2D eigenvalue weighted by atomic mass is 16.6. The lowest BCUT2D eigenvalue weighted by Gasteiger charge is -2.13. The molecule has 2 aromatic carbocycles. The van der Waals surface area contributed by atoms with Crippen molar-refractivity contribution in [1.82, 2.24) is 9.78 Å². The summed E-state index contributed by atoms with van der Waals surface area (Å²) in [5, 5.41) is 17.7. The summed E-state index contributed by atoms with van der Waals surface area (Å²) in [6.45, 7) is 5.44. The summed E-state index contributed by atoms with van der Waals surface area (Å²) in [5.74, 6) is 1.67. The number of methoxy groups -OCH3 is 1. The maximum Gasteiger partial charge on any atom is 0.350 e. The fourth-order valence-electron chi connectivity index (χ4n) is 3.20. The van der Waals surface area contributed by atoms with Crippen molar-refractivity contribution in [2.75, 3.05) is 25.6 Å². The minimum Gasteiger partial charge on any atom is -0.490 e. The molecule has 0 atom stereocenters. The standard InChI is InChI=1S/C24H28N4O7/c1-4-33-21-11-6-17(14-22(21)34-5-2)16-35-19-9-7-18(8-10-19)25-23(29)12-13-27-15-20(28(30)31)24(26-27)32-3/h6-11,14-15H,4-5,12-13,16H2,1-3H3,(H,25,29). The number of anilines is 1. The van der Waals surface area contributed by atoms with Gasteiger partial charge in [0.2, 0.25) is 5.91 Å². The number of nitrogens with zero attached hydrogens (tertiary/aromatic N) is 3. The van der Waals surface area contributed by atoms with Gasteiger partial charge in [-0.2, -0.15) is 0 Å². The van der Waals surface area contributed by atoms with Crippen molar-refractivity contribution in [2.45, 2.75) is 33.4 Å². The first-order valence-electron chi connectivity index (χ1n) is 11.1. The summed E-state index contributed by atoms with van der Waals surface area (Å²) < 4.78 is 23.3. The van der Waals surface area contributed by atoms with Crippen LogP contribution in [0.3, 0.4) is 0 Å². The van der Waals surface area contributed by atoms with Gasteiger partial charge in [-0.1, -0.05) is 6.07 Å². The van der Waals surface area contributed by atoms with Crippen molar-refractivity contribution in [3.8, 4) is 23.1 Å². The first kappa shape index (κ1) is 25.3. The zero-order valence-electron chi connectivity index (χ0n) is 19.9. The molecule has 35 heavy (non-hydrogen) atoms. The normalized spacial score (nSPS) is 10.5. The van der Waals surface area contributed by atoms with Gasteiger partial charge in [0.1, 0.15) is 18.6 Å². The lowest BCUT2D eigenvalue weighted by molar-refractivity contribution is -0.385. The first-order valence-corrected chi connectivity index (χ1v) is 11.1. The van der Waals surface area contributed by atoms with Crippen LogP contribution in [0.4, 0.5) is 11.4 Å². The molecule has 0 spiro atoms. The molecule has 0 aliphatic carbocycles. The molecule has 0 saturated carbocycles. The summed E-state index contributed by atoms with van der Waals surface area (Å²) >= 11 is 0. The van der Waals surface area contributed by atoms with Crippen molar-refractivity contribution in [3.05, 3.63) is 64.3 Å². The maximum absolute atomic E-state index is 12.3.